The lowest BCUT2D eigenvalue weighted by Crippen LogP contribution is -2.45. The highest BCUT2D eigenvalue weighted by atomic mass is 16.5. The number of likely N-dealkylation sites (N-methyl/N-ethyl adjacent to an activating group) is 2. The second kappa shape index (κ2) is 9.52. The molecule has 2 rings (SSSR count). The predicted octanol–water partition coefficient (Wildman–Crippen LogP) is 3.03. The molecular formula is C19H31N3O2. The summed E-state index contributed by atoms with van der Waals surface area (Å²) < 4.78 is 5.63. The van der Waals surface area contributed by atoms with Crippen LogP contribution in [-0.4, -0.2) is 56.4 Å². The minimum absolute atomic E-state index is 0.00768. The number of hydrogen-bond acceptors (Lipinski definition) is 3. The van der Waals surface area contributed by atoms with Crippen LogP contribution in [0, 0.1) is 6.92 Å². The Balaban J connectivity index is 1.79. The van der Waals surface area contributed by atoms with Crippen molar-refractivity contribution < 1.29 is 9.53 Å². The van der Waals surface area contributed by atoms with E-state index in [1.807, 2.05) is 11.8 Å². The summed E-state index contributed by atoms with van der Waals surface area (Å²) in [6.45, 7) is 10.9. The lowest BCUT2D eigenvalue weighted by Gasteiger charge is -2.26. The first-order valence-corrected chi connectivity index (χ1v) is 9.10. The molecule has 1 aromatic carbocycles. The van der Waals surface area contributed by atoms with Crippen LogP contribution in [0.1, 0.15) is 32.3 Å². The van der Waals surface area contributed by atoms with E-state index in [0.29, 0.717) is 19.6 Å². The van der Waals surface area contributed by atoms with Gasteiger partial charge < -0.3 is 19.9 Å². The molecule has 5 heteroatoms. The number of rotatable bonds is 8. The Bertz CT molecular complexity index is 515. The van der Waals surface area contributed by atoms with E-state index >= 15 is 0 Å². The first kappa shape index (κ1) is 18.6. The summed E-state index contributed by atoms with van der Waals surface area (Å²) in [6, 6.07) is 8.48. The molecule has 5 nitrogen and oxygen atoms in total. The van der Waals surface area contributed by atoms with Crippen molar-refractivity contribution in [1.29, 1.82) is 0 Å². The van der Waals surface area contributed by atoms with Crippen LogP contribution in [0.25, 0.3) is 0 Å². The van der Waals surface area contributed by atoms with E-state index in [2.05, 4.69) is 48.3 Å². The molecule has 1 saturated heterocycles. The third-order valence-electron chi connectivity index (χ3n) is 4.52. The van der Waals surface area contributed by atoms with Gasteiger partial charge in [0, 0.05) is 45.0 Å². The Kier molecular flexibility index (Phi) is 7.37. The summed E-state index contributed by atoms with van der Waals surface area (Å²) in [5.41, 5.74) is 2.46. The standard InChI is InChI=1S/C19H31N3O2/c1-4-21(17-9-6-8-16(3)14-17)12-11-20-19(23)22(5-2)15-18-10-7-13-24-18/h6,8-9,14,18H,4-5,7,10-13,15H2,1-3H3,(H,20,23). The quantitative estimate of drug-likeness (QED) is 0.795. The van der Waals surface area contributed by atoms with Gasteiger partial charge in [-0.1, -0.05) is 12.1 Å². The van der Waals surface area contributed by atoms with Crippen molar-refractivity contribution in [3.8, 4) is 0 Å². The monoisotopic (exact) mass is 333 g/mol. The van der Waals surface area contributed by atoms with Gasteiger partial charge in [-0.05, 0) is 51.3 Å². The molecular weight excluding hydrogens is 302 g/mol. The molecule has 1 atom stereocenters. The fourth-order valence-corrected chi connectivity index (χ4v) is 3.09. The van der Waals surface area contributed by atoms with Crippen molar-refractivity contribution in [2.45, 2.75) is 39.7 Å². The van der Waals surface area contributed by atoms with Gasteiger partial charge in [0.25, 0.3) is 0 Å². The van der Waals surface area contributed by atoms with Crippen LogP contribution in [0.15, 0.2) is 24.3 Å². The third-order valence-corrected chi connectivity index (χ3v) is 4.52. The SMILES string of the molecule is CCN(CC1CCCO1)C(=O)NCCN(CC)c1cccc(C)c1. The summed E-state index contributed by atoms with van der Waals surface area (Å²) >= 11 is 0. The van der Waals surface area contributed by atoms with Gasteiger partial charge in [0.1, 0.15) is 0 Å². The summed E-state index contributed by atoms with van der Waals surface area (Å²) in [5, 5.41) is 3.05. The van der Waals surface area contributed by atoms with Crippen LogP contribution in [0.5, 0.6) is 0 Å². The van der Waals surface area contributed by atoms with Gasteiger partial charge in [-0.15, -0.1) is 0 Å². The number of nitrogens with zero attached hydrogens (tertiary/aromatic N) is 2. The normalized spacial score (nSPS) is 16.9. The summed E-state index contributed by atoms with van der Waals surface area (Å²) in [4.78, 5) is 16.5. The molecule has 1 fully saturated rings. The smallest absolute Gasteiger partial charge is 0.317 e. The minimum atomic E-state index is 0.00768. The molecule has 1 aromatic rings. The van der Waals surface area contributed by atoms with Gasteiger partial charge in [-0.2, -0.15) is 0 Å². The Labute approximate surface area is 146 Å². The van der Waals surface area contributed by atoms with Gasteiger partial charge in [0.05, 0.1) is 6.10 Å². The molecule has 24 heavy (non-hydrogen) atoms. The number of amides is 2. The number of benzene rings is 1. The first-order valence-electron chi connectivity index (χ1n) is 9.10. The van der Waals surface area contributed by atoms with Crippen LogP contribution >= 0.6 is 0 Å². The van der Waals surface area contributed by atoms with Crippen molar-refractivity contribution in [2.75, 3.05) is 44.2 Å². The second-order valence-corrected chi connectivity index (χ2v) is 6.32. The molecule has 0 aliphatic carbocycles. The Morgan fingerprint density at radius 3 is 2.79 bits per heavy atom. The molecule has 0 radical (unpaired) electrons. The predicted molar refractivity (Wildman–Crippen MR) is 98.7 cm³/mol. The molecule has 1 N–H and O–H groups in total. The Hall–Kier alpha value is -1.75. The van der Waals surface area contributed by atoms with Gasteiger partial charge in [0.15, 0.2) is 0 Å². The Morgan fingerprint density at radius 1 is 1.33 bits per heavy atom. The summed E-state index contributed by atoms with van der Waals surface area (Å²) in [7, 11) is 0. The molecule has 0 bridgehead atoms. The largest absolute Gasteiger partial charge is 0.376 e. The molecule has 0 spiro atoms. The molecule has 1 unspecified atom stereocenters. The highest BCUT2D eigenvalue weighted by molar-refractivity contribution is 5.74. The third kappa shape index (κ3) is 5.41. The number of ether oxygens (including phenoxy) is 1. The van der Waals surface area contributed by atoms with E-state index in [9.17, 15) is 4.79 Å². The zero-order valence-electron chi connectivity index (χ0n) is 15.3. The van der Waals surface area contributed by atoms with Crippen LogP contribution in [0.2, 0.25) is 0 Å². The lowest BCUT2D eigenvalue weighted by molar-refractivity contribution is 0.0827. The van der Waals surface area contributed by atoms with Gasteiger partial charge >= 0.3 is 6.03 Å². The maximum atomic E-state index is 12.4. The number of urea groups is 1. The number of aryl methyl sites for hydroxylation is 1. The molecule has 0 aromatic heterocycles. The van der Waals surface area contributed by atoms with Gasteiger partial charge in [0.2, 0.25) is 0 Å². The first-order chi connectivity index (χ1) is 11.6. The maximum Gasteiger partial charge on any atom is 0.317 e. The topological polar surface area (TPSA) is 44.8 Å². The molecule has 0 saturated carbocycles. The van der Waals surface area contributed by atoms with Gasteiger partial charge in [-0.25, -0.2) is 4.79 Å². The average Bonchev–Trinajstić information content (AvgIpc) is 3.09. The summed E-state index contributed by atoms with van der Waals surface area (Å²) in [6.07, 6.45) is 2.36. The van der Waals surface area contributed by atoms with Crippen molar-refractivity contribution in [2.24, 2.45) is 0 Å². The van der Waals surface area contributed by atoms with E-state index < -0.39 is 0 Å². The van der Waals surface area contributed by atoms with Crippen LogP contribution < -0.4 is 10.2 Å². The zero-order chi connectivity index (χ0) is 17.4. The van der Waals surface area contributed by atoms with E-state index in [1.54, 1.807) is 0 Å². The van der Waals surface area contributed by atoms with Crippen molar-refractivity contribution >= 4 is 11.7 Å². The maximum absolute atomic E-state index is 12.4. The number of carbonyl (C=O) groups is 1. The van der Waals surface area contributed by atoms with Crippen LogP contribution in [0.3, 0.4) is 0 Å². The van der Waals surface area contributed by atoms with Crippen molar-refractivity contribution in [3.05, 3.63) is 29.8 Å². The van der Waals surface area contributed by atoms with E-state index in [-0.39, 0.29) is 12.1 Å². The fraction of sp³-hybridized carbons (Fsp3) is 0.632. The van der Waals surface area contributed by atoms with Crippen LogP contribution in [-0.2, 0) is 4.74 Å². The molecule has 1 aliphatic heterocycles. The highest BCUT2D eigenvalue weighted by Crippen LogP contribution is 2.15. The van der Waals surface area contributed by atoms with Crippen LogP contribution in [0.4, 0.5) is 10.5 Å². The van der Waals surface area contributed by atoms with E-state index in [4.69, 9.17) is 4.74 Å². The lowest BCUT2D eigenvalue weighted by atomic mass is 10.2. The van der Waals surface area contributed by atoms with E-state index in [0.717, 1.165) is 32.5 Å². The van der Waals surface area contributed by atoms with Crippen molar-refractivity contribution in [1.82, 2.24) is 10.2 Å². The number of carbonyl (C=O) groups excluding carboxylic acids is 1. The Morgan fingerprint density at radius 2 is 2.17 bits per heavy atom. The van der Waals surface area contributed by atoms with Crippen molar-refractivity contribution in [3.63, 3.8) is 0 Å². The molecule has 1 heterocycles. The second-order valence-electron chi connectivity index (χ2n) is 6.32. The number of nitrogens with one attached hydrogen (secondary N) is 1. The average molecular weight is 333 g/mol. The summed E-state index contributed by atoms with van der Waals surface area (Å²) in [5.74, 6) is 0. The number of anilines is 1. The zero-order valence-corrected chi connectivity index (χ0v) is 15.3. The van der Waals surface area contributed by atoms with E-state index in [1.165, 1.54) is 11.3 Å². The van der Waals surface area contributed by atoms with Gasteiger partial charge in [-0.3, -0.25) is 0 Å². The molecule has 134 valence electrons. The molecule has 2 amide bonds. The minimum Gasteiger partial charge on any atom is -0.376 e. The molecule has 1 aliphatic rings. The number of hydrogen-bond donors (Lipinski definition) is 1. The fourth-order valence-electron chi connectivity index (χ4n) is 3.09. The highest BCUT2D eigenvalue weighted by Gasteiger charge is 2.21.